The molecule has 8 rings (SSSR count). The molecule has 0 aromatic carbocycles. The SMILES string of the molecule is CN(C)[C@H]1CCN(C(=O)c2noc(-c3cnc4[nH]ccc4c3NC3[C@@H]4CC5C[C@H]3CC(O)(C5)C4)n2)C1. The van der Waals surface area contributed by atoms with Crippen molar-refractivity contribution in [2.45, 2.75) is 56.2 Å². The molecule has 190 valence electrons. The van der Waals surface area contributed by atoms with Crippen LogP contribution in [0.1, 0.15) is 49.1 Å². The van der Waals surface area contributed by atoms with Gasteiger partial charge in [-0.15, -0.1) is 0 Å². The van der Waals surface area contributed by atoms with Crippen LogP contribution in [0.5, 0.6) is 0 Å². The van der Waals surface area contributed by atoms with Gasteiger partial charge in [-0.3, -0.25) is 4.79 Å². The number of hydrogen-bond acceptors (Lipinski definition) is 8. The summed E-state index contributed by atoms with van der Waals surface area (Å²) in [7, 11) is 4.07. The van der Waals surface area contributed by atoms with Crippen LogP contribution in [0, 0.1) is 17.8 Å². The molecular formula is C26H33N7O3. The van der Waals surface area contributed by atoms with E-state index in [-0.39, 0.29) is 17.8 Å². The van der Waals surface area contributed by atoms with Crippen LogP contribution in [-0.2, 0) is 0 Å². The van der Waals surface area contributed by atoms with Gasteiger partial charge in [0.05, 0.1) is 16.9 Å². The lowest BCUT2D eigenvalue weighted by molar-refractivity contribution is -0.129. The highest BCUT2D eigenvalue weighted by Gasteiger charge is 2.54. The second-order valence-corrected chi connectivity index (χ2v) is 11.7. The lowest BCUT2D eigenvalue weighted by Crippen LogP contribution is -2.59. The van der Waals surface area contributed by atoms with E-state index in [1.165, 1.54) is 0 Å². The number of rotatable bonds is 5. The van der Waals surface area contributed by atoms with Crippen LogP contribution < -0.4 is 5.32 Å². The fraction of sp³-hybridized carbons (Fsp3) is 0.615. The Labute approximate surface area is 209 Å². The number of carbonyl (C=O) groups is 1. The largest absolute Gasteiger partial charge is 0.390 e. The van der Waals surface area contributed by atoms with Crippen molar-refractivity contribution in [3.8, 4) is 11.5 Å². The molecule has 1 saturated heterocycles. The number of aromatic amines is 1. The Morgan fingerprint density at radius 3 is 2.81 bits per heavy atom. The highest BCUT2D eigenvalue weighted by Crippen LogP contribution is 2.56. The average Bonchev–Trinajstić information content (AvgIpc) is 3.60. The zero-order valence-electron chi connectivity index (χ0n) is 20.8. The maximum absolute atomic E-state index is 13.1. The molecule has 4 aliphatic carbocycles. The van der Waals surface area contributed by atoms with Crippen molar-refractivity contribution in [2.75, 3.05) is 32.5 Å². The molecule has 4 heterocycles. The molecule has 5 aliphatic rings. The van der Waals surface area contributed by atoms with E-state index in [0.29, 0.717) is 48.3 Å². The van der Waals surface area contributed by atoms with Crippen molar-refractivity contribution < 1.29 is 14.4 Å². The Kier molecular flexibility index (Phi) is 4.95. The zero-order chi connectivity index (χ0) is 24.6. The summed E-state index contributed by atoms with van der Waals surface area (Å²) in [6.07, 6.45) is 9.56. The fourth-order valence-corrected chi connectivity index (χ4v) is 7.62. The average molecular weight is 492 g/mol. The molecule has 5 fully saturated rings. The van der Waals surface area contributed by atoms with E-state index in [1.807, 2.05) is 26.4 Å². The van der Waals surface area contributed by atoms with Gasteiger partial charge in [0, 0.05) is 43.0 Å². The molecule has 3 aromatic rings. The highest BCUT2D eigenvalue weighted by molar-refractivity contribution is 5.97. The first kappa shape index (κ1) is 22.2. The number of pyridine rings is 1. The molecule has 0 spiro atoms. The summed E-state index contributed by atoms with van der Waals surface area (Å²) >= 11 is 0. The molecule has 3 aromatic heterocycles. The molecule has 4 bridgehead atoms. The van der Waals surface area contributed by atoms with E-state index in [0.717, 1.165) is 55.2 Å². The molecule has 36 heavy (non-hydrogen) atoms. The molecule has 10 nitrogen and oxygen atoms in total. The topological polar surface area (TPSA) is 123 Å². The maximum Gasteiger partial charge on any atom is 0.295 e. The van der Waals surface area contributed by atoms with E-state index in [4.69, 9.17) is 4.52 Å². The molecule has 4 saturated carbocycles. The number of carbonyl (C=O) groups excluding carboxylic acids is 1. The van der Waals surface area contributed by atoms with Crippen LogP contribution in [0.3, 0.4) is 0 Å². The second kappa shape index (κ2) is 8.01. The van der Waals surface area contributed by atoms with Gasteiger partial charge in [-0.25, -0.2) is 4.98 Å². The number of anilines is 1. The van der Waals surface area contributed by atoms with Crippen LogP contribution in [0.25, 0.3) is 22.5 Å². The summed E-state index contributed by atoms with van der Waals surface area (Å²) in [4.78, 5) is 29.3. The van der Waals surface area contributed by atoms with E-state index < -0.39 is 5.60 Å². The highest BCUT2D eigenvalue weighted by atomic mass is 16.5. The quantitative estimate of drug-likeness (QED) is 0.498. The third-order valence-electron chi connectivity index (χ3n) is 9.17. The van der Waals surface area contributed by atoms with Crippen molar-refractivity contribution in [3.05, 3.63) is 24.3 Å². The standard InChI is InChI=1S/C26H33N7O3/c1-32(2)17-4-6-33(13-17)25(34)23-30-24(36-31-23)19-12-28-22-18(3-5-27-22)21(19)29-20-15-7-14-8-16(20)11-26(35,9-14)10-15/h3,5,12,14-17,20,35H,4,6-11,13H2,1-2H3,(H2,27,28,29)/t14?,15-,16+,17-,20?,26?/m0/s1. The number of aromatic nitrogens is 4. The molecule has 10 heteroatoms. The first-order valence-corrected chi connectivity index (χ1v) is 13.1. The molecular weight excluding hydrogens is 458 g/mol. The van der Waals surface area contributed by atoms with Gasteiger partial charge in [0.15, 0.2) is 0 Å². The first-order chi connectivity index (χ1) is 17.4. The molecule has 1 aliphatic heterocycles. The lowest BCUT2D eigenvalue weighted by Gasteiger charge is -2.58. The summed E-state index contributed by atoms with van der Waals surface area (Å²) in [6.45, 7) is 1.35. The fourth-order valence-electron chi connectivity index (χ4n) is 7.62. The number of fused-ring (bicyclic) bond motifs is 1. The molecule has 6 atom stereocenters. The molecule has 3 N–H and O–H groups in total. The van der Waals surface area contributed by atoms with Gasteiger partial charge >= 0.3 is 0 Å². The Balaban J connectivity index is 1.19. The van der Waals surface area contributed by atoms with E-state index in [9.17, 15) is 9.90 Å². The van der Waals surface area contributed by atoms with E-state index in [1.54, 1.807) is 11.1 Å². The monoisotopic (exact) mass is 491 g/mol. The third-order valence-corrected chi connectivity index (χ3v) is 9.17. The summed E-state index contributed by atoms with van der Waals surface area (Å²) in [5, 5.41) is 19.9. The normalized spacial score (nSPS) is 33.2. The number of nitrogens with one attached hydrogen (secondary N) is 2. The predicted molar refractivity (Wildman–Crippen MR) is 133 cm³/mol. The number of aliphatic hydroxyl groups is 1. The minimum atomic E-state index is -0.484. The van der Waals surface area contributed by atoms with E-state index in [2.05, 4.69) is 30.3 Å². The van der Waals surface area contributed by atoms with Crippen LogP contribution in [0.15, 0.2) is 23.0 Å². The zero-order valence-corrected chi connectivity index (χ0v) is 20.8. The van der Waals surface area contributed by atoms with Crippen LogP contribution >= 0.6 is 0 Å². The van der Waals surface area contributed by atoms with Crippen LogP contribution in [-0.4, -0.2) is 85.8 Å². The smallest absolute Gasteiger partial charge is 0.295 e. The first-order valence-electron chi connectivity index (χ1n) is 13.1. The van der Waals surface area contributed by atoms with Gasteiger partial charge in [0.1, 0.15) is 5.65 Å². The Hall–Kier alpha value is -2.98. The number of H-pyrrole nitrogens is 1. The molecule has 0 radical (unpaired) electrons. The Bertz CT molecular complexity index is 1300. The van der Waals surface area contributed by atoms with Gasteiger partial charge in [-0.05, 0) is 76.4 Å². The van der Waals surface area contributed by atoms with Gasteiger partial charge in [-0.2, -0.15) is 4.98 Å². The van der Waals surface area contributed by atoms with Crippen molar-refractivity contribution in [2.24, 2.45) is 17.8 Å². The number of amides is 1. The number of likely N-dealkylation sites (tertiary alicyclic amines) is 1. The summed E-state index contributed by atoms with van der Waals surface area (Å²) in [5.41, 5.74) is 1.91. The Morgan fingerprint density at radius 2 is 2.08 bits per heavy atom. The number of hydrogen-bond donors (Lipinski definition) is 3. The van der Waals surface area contributed by atoms with Crippen molar-refractivity contribution in [1.82, 2.24) is 29.9 Å². The van der Waals surface area contributed by atoms with Gasteiger partial charge in [-0.1, -0.05) is 5.16 Å². The van der Waals surface area contributed by atoms with Gasteiger partial charge in [0.2, 0.25) is 0 Å². The van der Waals surface area contributed by atoms with Gasteiger partial charge in [0.25, 0.3) is 17.6 Å². The van der Waals surface area contributed by atoms with Crippen LogP contribution in [0.2, 0.25) is 0 Å². The lowest BCUT2D eigenvalue weighted by atomic mass is 9.52. The molecule has 1 amide bonds. The van der Waals surface area contributed by atoms with Gasteiger partial charge < -0.3 is 29.7 Å². The maximum atomic E-state index is 13.1. The third kappa shape index (κ3) is 3.53. The number of nitrogens with zero attached hydrogens (tertiary/aromatic N) is 5. The van der Waals surface area contributed by atoms with Crippen molar-refractivity contribution in [1.29, 1.82) is 0 Å². The Morgan fingerprint density at radius 1 is 1.28 bits per heavy atom. The minimum Gasteiger partial charge on any atom is -0.390 e. The van der Waals surface area contributed by atoms with Crippen molar-refractivity contribution in [3.63, 3.8) is 0 Å². The van der Waals surface area contributed by atoms with Crippen molar-refractivity contribution >= 4 is 22.6 Å². The minimum absolute atomic E-state index is 0.0846. The summed E-state index contributed by atoms with van der Waals surface area (Å²) < 4.78 is 5.65. The van der Waals surface area contributed by atoms with E-state index >= 15 is 0 Å². The summed E-state index contributed by atoms with van der Waals surface area (Å²) in [5.74, 6) is 1.70. The summed E-state index contributed by atoms with van der Waals surface area (Å²) in [6, 6.07) is 2.62. The van der Waals surface area contributed by atoms with Crippen LogP contribution in [0.4, 0.5) is 5.69 Å². The molecule has 3 unspecified atom stereocenters. The predicted octanol–water partition coefficient (Wildman–Crippen LogP) is 2.74. The second-order valence-electron chi connectivity index (χ2n) is 11.7. The number of likely N-dealkylation sites (N-methyl/N-ethyl adjacent to an activating group) is 1.